The number of nitrogens with one attached hydrogen (secondary N) is 1. The predicted molar refractivity (Wildman–Crippen MR) is 102 cm³/mol. The van der Waals surface area contributed by atoms with Gasteiger partial charge in [-0.05, 0) is 32.4 Å². The molecule has 140 valence electrons. The van der Waals surface area contributed by atoms with Gasteiger partial charge in [-0.25, -0.2) is 4.79 Å². The second kappa shape index (κ2) is 9.63. The van der Waals surface area contributed by atoms with Crippen LogP contribution >= 0.6 is 0 Å². The molecule has 2 N–H and O–H groups in total. The third kappa shape index (κ3) is 6.21. The van der Waals surface area contributed by atoms with Crippen molar-refractivity contribution in [2.75, 3.05) is 51.2 Å². The molecule has 0 bridgehead atoms. The smallest absolute Gasteiger partial charge is 0.317 e. The standard InChI is InChI=1S/C19H32N4O2/c1-16(15-20-19(25)21(3)10-9-17(2)24)22-11-13-23(14-12-22)18-7-5-4-6-8-18/h4-8,16-17,24H,9-15H2,1-3H3,(H,20,25). The maximum atomic E-state index is 12.1. The van der Waals surface area contributed by atoms with Crippen LogP contribution in [0.15, 0.2) is 30.3 Å². The number of carbonyl (C=O) groups is 1. The average molecular weight is 348 g/mol. The molecule has 0 aromatic heterocycles. The summed E-state index contributed by atoms with van der Waals surface area (Å²) in [5, 5.41) is 12.3. The highest BCUT2D eigenvalue weighted by Crippen LogP contribution is 2.16. The summed E-state index contributed by atoms with van der Waals surface area (Å²) in [7, 11) is 1.76. The molecule has 2 unspecified atom stereocenters. The summed E-state index contributed by atoms with van der Waals surface area (Å²) in [4.78, 5) is 18.6. The normalized spacial score (nSPS) is 17.8. The third-order valence-electron chi connectivity index (χ3n) is 4.84. The number of urea groups is 1. The van der Waals surface area contributed by atoms with Gasteiger partial charge < -0.3 is 20.2 Å². The Labute approximate surface area is 151 Å². The van der Waals surface area contributed by atoms with Crippen molar-refractivity contribution in [2.45, 2.75) is 32.4 Å². The van der Waals surface area contributed by atoms with E-state index in [-0.39, 0.29) is 12.1 Å². The fourth-order valence-electron chi connectivity index (χ4n) is 3.04. The van der Waals surface area contributed by atoms with E-state index in [2.05, 4.69) is 46.3 Å². The first-order chi connectivity index (χ1) is 12.0. The number of rotatable bonds is 7. The van der Waals surface area contributed by atoms with E-state index < -0.39 is 0 Å². The zero-order valence-corrected chi connectivity index (χ0v) is 15.7. The van der Waals surface area contributed by atoms with Crippen molar-refractivity contribution < 1.29 is 9.90 Å². The average Bonchev–Trinajstić information content (AvgIpc) is 2.64. The number of para-hydroxylation sites is 1. The number of aliphatic hydroxyl groups excluding tert-OH is 1. The number of piperazine rings is 1. The Morgan fingerprint density at radius 3 is 2.44 bits per heavy atom. The number of anilines is 1. The molecule has 0 spiro atoms. The summed E-state index contributed by atoms with van der Waals surface area (Å²) < 4.78 is 0. The van der Waals surface area contributed by atoms with E-state index in [0.717, 1.165) is 26.2 Å². The van der Waals surface area contributed by atoms with E-state index in [4.69, 9.17) is 0 Å². The second-order valence-electron chi connectivity index (χ2n) is 6.95. The van der Waals surface area contributed by atoms with Crippen LogP contribution in [0.2, 0.25) is 0 Å². The van der Waals surface area contributed by atoms with Crippen molar-refractivity contribution in [1.29, 1.82) is 0 Å². The molecule has 0 saturated carbocycles. The molecule has 1 aliphatic rings. The lowest BCUT2D eigenvalue weighted by Crippen LogP contribution is -2.53. The lowest BCUT2D eigenvalue weighted by Gasteiger charge is -2.39. The van der Waals surface area contributed by atoms with Gasteiger partial charge in [0.15, 0.2) is 0 Å². The van der Waals surface area contributed by atoms with Gasteiger partial charge in [0.1, 0.15) is 0 Å². The molecule has 0 aliphatic carbocycles. The zero-order chi connectivity index (χ0) is 18.2. The molecular formula is C19H32N4O2. The molecule has 1 heterocycles. The molecule has 1 aromatic rings. The van der Waals surface area contributed by atoms with Crippen molar-refractivity contribution in [3.63, 3.8) is 0 Å². The van der Waals surface area contributed by atoms with Crippen LogP contribution < -0.4 is 10.2 Å². The second-order valence-corrected chi connectivity index (χ2v) is 6.95. The highest BCUT2D eigenvalue weighted by molar-refractivity contribution is 5.73. The Morgan fingerprint density at radius 1 is 1.20 bits per heavy atom. The molecular weight excluding hydrogens is 316 g/mol. The van der Waals surface area contributed by atoms with E-state index in [1.807, 2.05) is 6.07 Å². The van der Waals surface area contributed by atoms with Crippen molar-refractivity contribution in [3.05, 3.63) is 30.3 Å². The van der Waals surface area contributed by atoms with Crippen molar-refractivity contribution in [2.24, 2.45) is 0 Å². The Kier molecular flexibility index (Phi) is 7.52. The van der Waals surface area contributed by atoms with E-state index in [0.29, 0.717) is 25.6 Å². The van der Waals surface area contributed by atoms with E-state index in [1.165, 1.54) is 5.69 Å². The Hall–Kier alpha value is -1.79. The third-order valence-corrected chi connectivity index (χ3v) is 4.84. The minimum absolute atomic E-state index is 0.0737. The molecule has 2 rings (SSSR count). The van der Waals surface area contributed by atoms with Crippen LogP contribution in [0, 0.1) is 0 Å². The van der Waals surface area contributed by atoms with Gasteiger partial charge >= 0.3 is 6.03 Å². The van der Waals surface area contributed by atoms with Crippen molar-refractivity contribution in [1.82, 2.24) is 15.1 Å². The van der Waals surface area contributed by atoms with Crippen molar-refractivity contribution >= 4 is 11.7 Å². The Bertz CT molecular complexity index is 515. The summed E-state index contributed by atoms with van der Waals surface area (Å²) in [5.41, 5.74) is 1.28. The summed E-state index contributed by atoms with van der Waals surface area (Å²) in [5.74, 6) is 0. The first-order valence-electron chi connectivity index (χ1n) is 9.18. The van der Waals surface area contributed by atoms with Crippen LogP contribution in [0.25, 0.3) is 0 Å². The molecule has 0 radical (unpaired) electrons. The van der Waals surface area contributed by atoms with E-state index in [9.17, 15) is 9.90 Å². The summed E-state index contributed by atoms with van der Waals surface area (Å²) >= 11 is 0. The fraction of sp³-hybridized carbons (Fsp3) is 0.632. The largest absolute Gasteiger partial charge is 0.393 e. The SMILES string of the molecule is CC(O)CCN(C)C(=O)NCC(C)N1CCN(c2ccccc2)CC1. The van der Waals surface area contributed by atoms with Crippen LogP contribution in [-0.4, -0.2) is 79.4 Å². The first-order valence-corrected chi connectivity index (χ1v) is 9.18. The number of carbonyl (C=O) groups excluding carboxylic acids is 1. The molecule has 2 amide bonds. The topological polar surface area (TPSA) is 59.1 Å². The Morgan fingerprint density at radius 2 is 1.84 bits per heavy atom. The van der Waals surface area contributed by atoms with Crippen LogP contribution in [0.4, 0.5) is 10.5 Å². The Balaban J connectivity index is 1.70. The van der Waals surface area contributed by atoms with Gasteiger partial charge in [0.25, 0.3) is 0 Å². The van der Waals surface area contributed by atoms with Crippen LogP contribution in [-0.2, 0) is 0 Å². The van der Waals surface area contributed by atoms with Crippen molar-refractivity contribution in [3.8, 4) is 0 Å². The predicted octanol–water partition coefficient (Wildman–Crippen LogP) is 1.61. The number of amides is 2. The molecule has 1 aromatic carbocycles. The molecule has 2 atom stereocenters. The van der Waals surface area contributed by atoms with E-state index in [1.54, 1.807) is 18.9 Å². The minimum Gasteiger partial charge on any atom is -0.393 e. The van der Waals surface area contributed by atoms with Crippen LogP contribution in [0.5, 0.6) is 0 Å². The number of hydrogen-bond acceptors (Lipinski definition) is 4. The van der Waals surface area contributed by atoms with Gasteiger partial charge in [-0.3, -0.25) is 4.90 Å². The molecule has 6 heteroatoms. The maximum Gasteiger partial charge on any atom is 0.317 e. The molecule has 1 fully saturated rings. The minimum atomic E-state index is -0.380. The lowest BCUT2D eigenvalue weighted by atomic mass is 10.2. The van der Waals surface area contributed by atoms with Gasteiger partial charge in [0.05, 0.1) is 6.10 Å². The summed E-state index contributed by atoms with van der Waals surface area (Å²) in [6.45, 7) is 9.13. The number of hydrogen-bond donors (Lipinski definition) is 2. The molecule has 6 nitrogen and oxygen atoms in total. The molecule has 25 heavy (non-hydrogen) atoms. The number of aliphatic hydroxyl groups is 1. The fourth-order valence-corrected chi connectivity index (χ4v) is 3.04. The number of nitrogens with zero attached hydrogens (tertiary/aromatic N) is 3. The summed E-state index contributed by atoms with van der Waals surface area (Å²) in [6.07, 6.45) is 0.219. The number of benzene rings is 1. The molecule has 1 aliphatic heterocycles. The highest BCUT2D eigenvalue weighted by atomic mass is 16.3. The molecule has 1 saturated heterocycles. The quantitative estimate of drug-likeness (QED) is 0.786. The van der Waals surface area contributed by atoms with E-state index >= 15 is 0 Å². The van der Waals surface area contributed by atoms with Gasteiger partial charge in [-0.1, -0.05) is 18.2 Å². The van der Waals surface area contributed by atoms with Gasteiger partial charge in [-0.2, -0.15) is 0 Å². The van der Waals surface area contributed by atoms with Gasteiger partial charge in [0, 0.05) is 58.0 Å². The van der Waals surface area contributed by atoms with Gasteiger partial charge in [0.2, 0.25) is 0 Å². The summed E-state index contributed by atoms with van der Waals surface area (Å²) in [6, 6.07) is 10.7. The van der Waals surface area contributed by atoms with Crippen LogP contribution in [0.3, 0.4) is 0 Å². The first kappa shape index (κ1) is 19.5. The zero-order valence-electron chi connectivity index (χ0n) is 15.7. The highest BCUT2D eigenvalue weighted by Gasteiger charge is 2.22. The lowest BCUT2D eigenvalue weighted by molar-refractivity contribution is 0.159. The maximum absolute atomic E-state index is 12.1. The van der Waals surface area contributed by atoms with Crippen LogP contribution in [0.1, 0.15) is 20.3 Å². The van der Waals surface area contributed by atoms with Gasteiger partial charge in [-0.15, -0.1) is 0 Å². The monoisotopic (exact) mass is 348 g/mol.